The molecule has 1 aliphatic rings. The van der Waals surface area contributed by atoms with Crippen molar-refractivity contribution in [1.82, 2.24) is 9.97 Å². The van der Waals surface area contributed by atoms with Crippen molar-refractivity contribution in [2.45, 2.75) is 39.5 Å². The highest BCUT2D eigenvalue weighted by atomic mass is 19.1. The zero-order valence-electron chi connectivity index (χ0n) is 16.2. The third-order valence-corrected chi connectivity index (χ3v) is 5.00. The van der Waals surface area contributed by atoms with E-state index in [0.29, 0.717) is 43.2 Å². The second kappa shape index (κ2) is 8.63. The first-order valence-corrected chi connectivity index (χ1v) is 9.61. The molecule has 0 bridgehead atoms. The van der Waals surface area contributed by atoms with Gasteiger partial charge >= 0.3 is 5.97 Å². The van der Waals surface area contributed by atoms with Crippen LogP contribution < -0.4 is 4.90 Å². The van der Waals surface area contributed by atoms with Crippen molar-refractivity contribution >= 4 is 11.7 Å². The van der Waals surface area contributed by atoms with Gasteiger partial charge in [0.2, 0.25) is 0 Å². The van der Waals surface area contributed by atoms with Crippen LogP contribution in [0.1, 0.15) is 38.8 Å². The zero-order valence-corrected chi connectivity index (χ0v) is 16.2. The summed E-state index contributed by atoms with van der Waals surface area (Å²) < 4.78 is 29.5. The van der Waals surface area contributed by atoms with E-state index < -0.39 is 17.6 Å². The van der Waals surface area contributed by atoms with Gasteiger partial charge in [-0.2, -0.15) is 0 Å². The number of carbonyl (C=O) groups is 1. The van der Waals surface area contributed by atoms with E-state index in [0.717, 1.165) is 12.1 Å². The average Bonchev–Trinajstić information content (AvgIpc) is 2.62. The summed E-state index contributed by atoms with van der Waals surface area (Å²) in [7, 11) is 0. The number of hydrogen-bond donors (Lipinski definition) is 1. The van der Waals surface area contributed by atoms with Gasteiger partial charge in [0.15, 0.2) is 5.82 Å². The fraction of sp³-hybridized carbons (Fsp3) is 0.476. The molecule has 1 aromatic heterocycles. The number of piperidine rings is 1. The first-order valence-electron chi connectivity index (χ1n) is 9.61. The van der Waals surface area contributed by atoms with Crippen LogP contribution in [0.4, 0.5) is 14.5 Å². The van der Waals surface area contributed by atoms with Crippen molar-refractivity contribution in [3.8, 4) is 11.4 Å². The maximum atomic E-state index is 14.8. The van der Waals surface area contributed by atoms with Crippen molar-refractivity contribution in [2.24, 2.45) is 11.8 Å². The lowest BCUT2D eigenvalue weighted by molar-refractivity contribution is -0.138. The minimum absolute atomic E-state index is 0.0521. The summed E-state index contributed by atoms with van der Waals surface area (Å²) in [5, 5.41) is 8.90. The number of anilines is 1. The molecule has 5 nitrogen and oxygen atoms in total. The SMILES string of the molecule is CC(C)Cc1ccnc(-c2cc(F)c(N3CCC(CC(=O)O)CC3)c(F)c2)n1. The minimum atomic E-state index is -0.833. The highest BCUT2D eigenvalue weighted by Gasteiger charge is 2.26. The molecule has 0 spiro atoms. The van der Waals surface area contributed by atoms with Crippen LogP contribution in [0.5, 0.6) is 0 Å². The summed E-state index contributed by atoms with van der Waals surface area (Å²) in [6.07, 6.45) is 3.68. The molecule has 0 amide bonds. The third-order valence-electron chi connectivity index (χ3n) is 5.00. The minimum Gasteiger partial charge on any atom is -0.481 e. The van der Waals surface area contributed by atoms with Crippen LogP contribution in [0.25, 0.3) is 11.4 Å². The lowest BCUT2D eigenvalue weighted by atomic mass is 9.93. The highest BCUT2D eigenvalue weighted by Crippen LogP contribution is 2.32. The molecule has 1 saturated heterocycles. The van der Waals surface area contributed by atoms with E-state index in [9.17, 15) is 13.6 Å². The summed E-state index contributed by atoms with van der Waals surface area (Å²) in [6.45, 7) is 5.03. The van der Waals surface area contributed by atoms with Gasteiger partial charge in [0.05, 0.1) is 0 Å². The number of carboxylic acids is 1. The molecule has 1 aliphatic heterocycles. The molecule has 0 aliphatic carbocycles. The Labute approximate surface area is 163 Å². The Morgan fingerprint density at radius 2 is 1.89 bits per heavy atom. The van der Waals surface area contributed by atoms with Crippen LogP contribution in [0, 0.1) is 23.5 Å². The lowest BCUT2D eigenvalue weighted by Gasteiger charge is -2.33. The van der Waals surface area contributed by atoms with Gasteiger partial charge in [0, 0.05) is 37.0 Å². The van der Waals surface area contributed by atoms with Crippen LogP contribution in [0.15, 0.2) is 24.4 Å². The second-order valence-corrected chi connectivity index (χ2v) is 7.79. The van der Waals surface area contributed by atoms with Crippen LogP contribution >= 0.6 is 0 Å². The summed E-state index contributed by atoms with van der Waals surface area (Å²) in [5.41, 5.74) is 1.09. The maximum Gasteiger partial charge on any atom is 0.303 e. The number of rotatable bonds is 6. The van der Waals surface area contributed by atoms with Crippen molar-refractivity contribution in [1.29, 1.82) is 0 Å². The highest BCUT2D eigenvalue weighted by molar-refractivity contribution is 5.67. The Morgan fingerprint density at radius 1 is 1.25 bits per heavy atom. The molecule has 7 heteroatoms. The van der Waals surface area contributed by atoms with Gasteiger partial charge < -0.3 is 10.0 Å². The number of carboxylic acid groups (broad SMARTS) is 1. The molecule has 2 heterocycles. The molecule has 28 heavy (non-hydrogen) atoms. The maximum absolute atomic E-state index is 14.8. The van der Waals surface area contributed by atoms with E-state index in [1.54, 1.807) is 11.1 Å². The Bertz CT molecular complexity index is 826. The van der Waals surface area contributed by atoms with Gasteiger partial charge in [-0.3, -0.25) is 4.79 Å². The van der Waals surface area contributed by atoms with Crippen molar-refractivity contribution < 1.29 is 18.7 Å². The molecule has 3 rings (SSSR count). The summed E-state index contributed by atoms with van der Waals surface area (Å²) in [6, 6.07) is 4.36. The van der Waals surface area contributed by atoms with Crippen LogP contribution in [-0.2, 0) is 11.2 Å². The van der Waals surface area contributed by atoms with E-state index in [2.05, 4.69) is 23.8 Å². The van der Waals surface area contributed by atoms with Gasteiger partial charge in [-0.25, -0.2) is 18.7 Å². The smallest absolute Gasteiger partial charge is 0.303 e. The lowest BCUT2D eigenvalue weighted by Crippen LogP contribution is -2.35. The number of nitrogens with zero attached hydrogens (tertiary/aromatic N) is 3. The van der Waals surface area contributed by atoms with Crippen LogP contribution in [0.2, 0.25) is 0 Å². The second-order valence-electron chi connectivity index (χ2n) is 7.79. The quantitative estimate of drug-likeness (QED) is 0.797. The summed E-state index contributed by atoms with van der Waals surface area (Å²) in [5.74, 6) is -1.35. The van der Waals surface area contributed by atoms with Gasteiger partial charge in [0.1, 0.15) is 17.3 Å². The number of hydrogen-bond acceptors (Lipinski definition) is 4. The van der Waals surface area contributed by atoms with Gasteiger partial charge in [-0.15, -0.1) is 0 Å². The Balaban J connectivity index is 1.79. The molecule has 0 saturated carbocycles. The van der Waals surface area contributed by atoms with E-state index in [-0.39, 0.29) is 18.0 Å². The van der Waals surface area contributed by atoms with Crippen LogP contribution in [0.3, 0.4) is 0 Å². The van der Waals surface area contributed by atoms with E-state index in [1.807, 2.05) is 6.07 Å². The predicted molar refractivity (Wildman–Crippen MR) is 103 cm³/mol. The van der Waals surface area contributed by atoms with Crippen molar-refractivity contribution in [3.05, 3.63) is 41.7 Å². The van der Waals surface area contributed by atoms with Crippen LogP contribution in [-0.4, -0.2) is 34.1 Å². The van der Waals surface area contributed by atoms with Crippen molar-refractivity contribution in [3.63, 3.8) is 0 Å². The third kappa shape index (κ3) is 4.82. The molecular formula is C21H25F2N3O2. The Kier molecular flexibility index (Phi) is 6.21. The standard InChI is InChI=1S/C21H25F2N3O2/c1-13(2)9-16-3-6-24-21(25-16)15-11-17(22)20(18(23)12-15)26-7-4-14(5-8-26)10-19(27)28/h3,6,11-14H,4-5,7-10H2,1-2H3,(H,27,28). The fourth-order valence-electron chi connectivity index (χ4n) is 3.67. The molecule has 1 fully saturated rings. The molecule has 0 atom stereocenters. The topological polar surface area (TPSA) is 66.3 Å². The number of aliphatic carboxylic acids is 1. The average molecular weight is 389 g/mol. The molecule has 0 radical (unpaired) electrons. The van der Waals surface area contributed by atoms with E-state index in [1.165, 1.54) is 12.1 Å². The summed E-state index contributed by atoms with van der Waals surface area (Å²) in [4.78, 5) is 21.1. The molecule has 1 N–H and O–H groups in total. The first-order chi connectivity index (χ1) is 13.3. The van der Waals surface area contributed by atoms with Gasteiger partial charge in [-0.05, 0) is 49.3 Å². The first kappa shape index (κ1) is 20.2. The van der Waals surface area contributed by atoms with Gasteiger partial charge in [0.25, 0.3) is 0 Å². The number of benzene rings is 1. The molecule has 0 unspecified atom stereocenters. The number of aromatic nitrogens is 2. The Hall–Kier alpha value is -2.57. The fourth-order valence-corrected chi connectivity index (χ4v) is 3.67. The normalized spacial score (nSPS) is 15.2. The Morgan fingerprint density at radius 3 is 2.46 bits per heavy atom. The molecular weight excluding hydrogens is 364 g/mol. The number of halogens is 2. The summed E-state index contributed by atoms with van der Waals surface area (Å²) >= 11 is 0. The monoisotopic (exact) mass is 389 g/mol. The zero-order chi connectivity index (χ0) is 20.3. The van der Waals surface area contributed by atoms with Gasteiger partial charge in [-0.1, -0.05) is 13.8 Å². The molecule has 2 aromatic rings. The van der Waals surface area contributed by atoms with E-state index >= 15 is 0 Å². The largest absolute Gasteiger partial charge is 0.481 e. The molecule has 1 aromatic carbocycles. The van der Waals surface area contributed by atoms with E-state index in [4.69, 9.17) is 5.11 Å². The predicted octanol–water partition coefficient (Wildman–Crippen LogP) is 4.31. The van der Waals surface area contributed by atoms with Crippen molar-refractivity contribution in [2.75, 3.05) is 18.0 Å². The molecule has 150 valence electrons.